The highest BCUT2D eigenvalue weighted by Crippen LogP contribution is 2.41. The Bertz CT molecular complexity index is 475. The zero-order chi connectivity index (χ0) is 13.6. The summed E-state index contributed by atoms with van der Waals surface area (Å²) in [6.45, 7) is 1.63. The minimum absolute atomic E-state index is 0.327. The van der Waals surface area contributed by atoms with Gasteiger partial charge in [-0.3, -0.25) is 0 Å². The van der Waals surface area contributed by atoms with E-state index in [9.17, 15) is 13.2 Å². The molecule has 2 unspecified atom stereocenters. The standard InChI is InChI=1S/C13H16F3N3/c14-13(15,16)12-4-11(10(17)5-18-12)19-6-8-2-1-3-9(8)7-19/h4-5,8-9H,1-3,6-7,17H2. The number of halogens is 3. The fourth-order valence-electron chi connectivity index (χ4n) is 3.32. The van der Waals surface area contributed by atoms with Crippen LogP contribution in [0.1, 0.15) is 25.0 Å². The van der Waals surface area contributed by atoms with E-state index in [1.165, 1.54) is 19.3 Å². The Morgan fingerprint density at radius 2 is 1.84 bits per heavy atom. The molecule has 104 valence electrons. The Labute approximate surface area is 109 Å². The summed E-state index contributed by atoms with van der Waals surface area (Å²) < 4.78 is 38.1. The number of nitrogens with two attached hydrogens (primary N) is 1. The fourth-order valence-corrected chi connectivity index (χ4v) is 3.32. The van der Waals surface area contributed by atoms with Crippen molar-refractivity contribution in [3.63, 3.8) is 0 Å². The molecule has 0 radical (unpaired) electrons. The quantitative estimate of drug-likeness (QED) is 0.854. The second-order valence-corrected chi connectivity index (χ2v) is 5.48. The highest BCUT2D eigenvalue weighted by atomic mass is 19.4. The topological polar surface area (TPSA) is 42.1 Å². The summed E-state index contributed by atoms with van der Waals surface area (Å²) in [7, 11) is 0. The van der Waals surface area contributed by atoms with Gasteiger partial charge in [0.1, 0.15) is 5.69 Å². The molecular formula is C13H16F3N3. The van der Waals surface area contributed by atoms with Crippen molar-refractivity contribution >= 4 is 11.4 Å². The minimum atomic E-state index is -4.42. The molecular weight excluding hydrogens is 255 g/mol. The lowest BCUT2D eigenvalue weighted by atomic mass is 10.0. The van der Waals surface area contributed by atoms with E-state index in [0.29, 0.717) is 23.2 Å². The molecule has 1 aliphatic carbocycles. The molecule has 1 aromatic rings. The van der Waals surface area contributed by atoms with Crippen LogP contribution >= 0.6 is 0 Å². The van der Waals surface area contributed by atoms with E-state index in [1.54, 1.807) is 0 Å². The van der Waals surface area contributed by atoms with Gasteiger partial charge in [0, 0.05) is 13.1 Å². The van der Waals surface area contributed by atoms with Gasteiger partial charge in [-0.25, -0.2) is 4.98 Å². The highest BCUT2D eigenvalue weighted by molar-refractivity contribution is 5.67. The molecule has 2 heterocycles. The maximum absolute atomic E-state index is 12.7. The van der Waals surface area contributed by atoms with E-state index in [0.717, 1.165) is 25.4 Å². The molecule has 1 aliphatic heterocycles. The molecule has 1 saturated carbocycles. The molecule has 2 atom stereocenters. The van der Waals surface area contributed by atoms with Crippen LogP contribution in [0.25, 0.3) is 0 Å². The number of hydrogen-bond donors (Lipinski definition) is 1. The van der Waals surface area contributed by atoms with E-state index >= 15 is 0 Å². The van der Waals surface area contributed by atoms with Crippen molar-refractivity contribution in [3.05, 3.63) is 18.0 Å². The molecule has 2 aliphatic rings. The molecule has 19 heavy (non-hydrogen) atoms. The van der Waals surface area contributed by atoms with Crippen molar-refractivity contribution in [2.45, 2.75) is 25.4 Å². The number of alkyl halides is 3. The average Bonchev–Trinajstić information content (AvgIpc) is 2.88. The van der Waals surface area contributed by atoms with E-state index < -0.39 is 11.9 Å². The monoisotopic (exact) mass is 271 g/mol. The third-order valence-electron chi connectivity index (χ3n) is 4.27. The predicted molar refractivity (Wildman–Crippen MR) is 66.7 cm³/mol. The Kier molecular flexibility index (Phi) is 2.83. The van der Waals surface area contributed by atoms with Crippen molar-refractivity contribution < 1.29 is 13.2 Å². The van der Waals surface area contributed by atoms with Gasteiger partial charge >= 0.3 is 6.18 Å². The Hall–Kier alpha value is -1.46. The summed E-state index contributed by atoms with van der Waals surface area (Å²) >= 11 is 0. The molecule has 6 heteroatoms. The lowest BCUT2D eigenvalue weighted by Gasteiger charge is -2.22. The largest absolute Gasteiger partial charge is 0.433 e. The summed E-state index contributed by atoms with van der Waals surface area (Å²) in [5, 5.41) is 0. The van der Waals surface area contributed by atoms with Crippen LogP contribution in [-0.2, 0) is 6.18 Å². The van der Waals surface area contributed by atoms with Crippen molar-refractivity contribution in [1.29, 1.82) is 0 Å². The third-order valence-corrected chi connectivity index (χ3v) is 4.27. The summed E-state index contributed by atoms with van der Waals surface area (Å²) in [6, 6.07) is 1.08. The lowest BCUT2D eigenvalue weighted by Crippen LogP contribution is -2.23. The molecule has 1 aromatic heterocycles. The first-order valence-electron chi connectivity index (χ1n) is 6.53. The van der Waals surface area contributed by atoms with E-state index in [2.05, 4.69) is 4.98 Å². The average molecular weight is 271 g/mol. The van der Waals surface area contributed by atoms with Gasteiger partial charge in [0.25, 0.3) is 0 Å². The summed E-state index contributed by atoms with van der Waals surface area (Å²) in [5.74, 6) is 1.23. The number of anilines is 2. The third kappa shape index (κ3) is 2.24. The summed E-state index contributed by atoms with van der Waals surface area (Å²) in [6.07, 6.45) is 0.295. The molecule has 0 amide bonds. The van der Waals surface area contributed by atoms with Crippen LogP contribution in [0, 0.1) is 11.8 Å². The number of fused-ring (bicyclic) bond motifs is 1. The number of rotatable bonds is 1. The van der Waals surface area contributed by atoms with Crippen LogP contribution in [0.15, 0.2) is 12.3 Å². The Morgan fingerprint density at radius 1 is 1.21 bits per heavy atom. The van der Waals surface area contributed by atoms with Crippen LogP contribution in [0.2, 0.25) is 0 Å². The van der Waals surface area contributed by atoms with Gasteiger partial charge in [-0.15, -0.1) is 0 Å². The maximum Gasteiger partial charge on any atom is 0.433 e. The number of hydrogen-bond acceptors (Lipinski definition) is 3. The van der Waals surface area contributed by atoms with Crippen LogP contribution in [0.5, 0.6) is 0 Å². The van der Waals surface area contributed by atoms with Gasteiger partial charge in [-0.1, -0.05) is 6.42 Å². The first-order chi connectivity index (χ1) is 8.95. The predicted octanol–water partition coefficient (Wildman–Crippen LogP) is 2.92. The number of nitrogen functional groups attached to an aromatic ring is 1. The van der Waals surface area contributed by atoms with Crippen molar-refractivity contribution in [3.8, 4) is 0 Å². The maximum atomic E-state index is 12.7. The van der Waals surface area contributed by atoms with Gasteiger partial charge in [0.2, 0.25) is 0 Å². The molecule has 1 saturated heterocycles. The second kappa shape index (κ2) is 4.28. The van der Waals surface area contributed by atoms with Gasteiger partial charge in [-0.2, -0.15) is 13.2 Å². The highest BCUT2D eigenvalue weighted by Gasteiger charge is 2.38. The molecule has 3 nitrogen and oxygen atoms in total. The fraction of sp³-hybridized carbons (Fsp3) is 0.615. The van der Waals surface area contributed by atoms with Gasteiger partial charge in [-0.05, 0) is 30.7 Å². The molecule has 2 fully saturated rings. The number of pyridine rings is 1. The molecule has 2 N–H and O–H groups in total. The SMILES string of the molecule is Nc1cnc(C(F)(F)F)cc1N1CC2CCCC2C1. The molecule has 3 rings (SSSR count). The first-order valence-corrected chi connectivity index (χ1v) is 6.53. The smallest absolute Gasteiger partial charge is 0.396 e. The van der Waals surface area contributed by atoms with E-state index in [4.69, 9.17) is 5.73 Å². The minimum Gasteiger partial charge on any atom is -0.396 e. The van der Waals surface area contributed by atoms with Gasteiger partial charge in [0.05, 0.1) is 17.6 Å². The first kappa shape index (κ1) is 12.6. The van der Waals surface area contributed by atoms with Crippen LogP contribution in [0.3, 0.4) is 0 Å². The van der Waals surface area contributed by atoms with Crippen molar-refractivity contribution in [2.75, 3.05) is 23.7 Å². The lowest BCUT2D eigenvalue weighted by molar-refractivity contribution is -0.141. The van der Waals surface area contributed by atoms with Gasteiger partial charge in [0.15, 0.2) is 0 Å². The van der Waals surface area contributed by atoms with E-state index in [1.807, 2.05) is 4.90 Å². The number of aromatic nitrogens is 1. The summed E-state index contributed by atoms with van der Waals surface area (Å²) in [4.78, 5) is 5.36. The Morgan fingerprint density at radius 3 is 2.42 bits per heavy atom. The van der Waals surface area contributed by atoms with E-state index in [-0.39, 0.29) is 0 Å². The second-order valence-electron chi connectivity index (χ2n) is 5.48. The number of nitrogens with zero attached hydrogens (tertiary/aromatic N) is 2. The van der Waals surface area contributed by atoms with Crippen LogP contribution < -0.4 is 10.6 Å². The Balaban J connectivity index is 1.88. The van der Waals surface area contributed by atoms with Crippen LogP contribution in [-0.4, -0.2) is 18.1 Å². The van der Waals surface area contributed by atoms with Crippen molar-refractivity contribution in [1.82, 2.24) is 4.98 Å². The molecule has 0 spiro atoms. The van der Waals surface area contributed by atoms with Crippen molar-refractivity contribution in [2.24, 2.45) is 11.8 Å². The summed E-state index contributed by atoms with van der Waals surface area (Å²) in [5.41, 5.74) is 5.73. The molecule has 0 bridgehead atoms. The van der Waals surface area contributed by atoms with Crippen LogP contribution in [0.4, 0.5) is 24.5 Å². The van der Waals surface area contributed by atoms with Gasteiger partial charge < -0.3 is 10.6 Å². The molecule has 0 aromatic carbocycles. The zero-order valence-corrected chi connectivity index (χ0v) is 10.5. The normalized spacial score (nSPS) is 26.8. The zero-order valence-electron chi connectivity index (χ0n) is 10.5.